The molecule has 0 fully saturated rings. The van der Waals surface area contributed by atoms with Gasteiger partial charge in [-0.3, -0.25) is 4.79 Å². The van der Waals surface area contributed by atoms with Gasteiger partial charge in [-0.2, -0.15) is 9.83 Å². The number of nitriles is 1. The summed E-state index contributed by atoms with van der Waals surface area (Å²) in [6, 6.07) is 47.8. The van der Waals surface area contributed by atoms with Crippen LogP contribution in [0.1, 0.15) is 27.0 Å². The third kappa shape index (κ3) is 8.13. The molecule has 10 nitrogen and oxygen atoms in total. The van der Waals surface area contributed by atoms with Crippen molar-refractivity contribution in [2.24, 2.45) is 0 Å². The lowest BCUT2D eigenvalue weighted by atomic mass is 9.91. The van der Waals surface area contributed by atoms with Crippen molar-refractivity contribution in [2.75, 3.05) is 12.8 Å². The Hall–Kier alpha value is -8.81. The van der Waals surface area contributed by atoms with E-state index in [1.807, 2.05) is 84.0 Å². The van der Waals surface area contributed by atoms with Crippen LogP contribution < -0.4 is 29.4 Å². The summed E-state index contributed by atoms with van der Waals surface area (Å²) >= 11 is 0. The number of carbonyl (C=O) groups excluding carboxylic acids is 1. The average molecular weight is 865 g/mol. The van der Waals surface area contributed by atoms with Crippen LogP contribution in [0, 0.1) is 11.3 Å². The molecule has 0 aliphatic heterocycles. The first-order chi connectivity index (χ1) is 32.3. The van der Waals surface area contributed by atoms with E-state index in [4.69, 9.17) is 20.1 Å². The molecule has 5 aromatic heterocycles. The Kier molecular flexibility index (Phi) is 11.1. The zero-order valence-electron chi connectivity index (χ0n) is 36.2. The number of hydrogen-bond donors (Lipinski definition) is 1. The van der Waals surface area contributed by atoms with Gasteiger partial charge in [0.2, 0.25) is 6.54 Å². The summed E-state index contributed by atoms with van der Waals surface area (Å²) in [5, 5.41) is 11.6. The Morgan fingerprint density at radius 2 is 1.11 bits per heavy atom. The Morgan fingerprint density at radius 3 is 1.67 bits per heavy atom. The number of carbonyl (C=O) groups is 1. The van der Waals surface area contributed by atoms with Gasteiger partial charge in [0.05, 0.1) is 23.6 Å². The average Bonchev–Trinajstić information content (AvgIpc) is 3.35. The van der Waals surface area contributed by atoms with E-state index >= 15 is 0 Å². The first-order valence-electron chi connectivity index (χ1n) is 21.6. The number of rotatable bonds is 11. The van der Waals surface area contributed by atoms with Crippen LogP contribution >= 0.6 is 0 Å². The molecular formula is C56H44N6O4+4. The smallest absolute Gasteiger partial charge is 0.338 e. The standard InChI is InChI=1S/C56H43N6O4/c1-65-56(64)46-7-3-2-6-45(46)53-47-15-16-50(58)49(54(47)66-55-48(53)14-13-44-5-4-8-51(63)52(44)55)37-62-32-23-43(24-33-62)42-21-30-61(31-22-42)36-39-11-9-38(10-12-39)35-60-28-19-41(20-29-60)40-17-26-59(27-18-40)34-25-57/h2-24,26-33H,34-37H2,1H3,(H-,58,63)/q+3/p+1. The molecule has 0 atom stereocenters. The summed E-state index contributed by atoms with van der Waals surface area (Å²) in [5.41, 5.74) is 17.5. The van der Waals surface area contributed by atoms with Crippen molar-refractivity contribution in [3.8, 4) is 39.4 Å². The number of nitrogens with two attached hydrogens (primary N) is 1. The normalized spacial score (nSPS) is 11.2. The molecule has 0 saturated carbocycles. The van der Waals surface area contributed by atoms with Crippen LogP contribution in [0.5, 0.6) is 0 Å². The summed E-state index contributed by atoms with van der Waals surface area (Å²) in [6.07, 6.45) is 16.3. The summed E-state index contributed by atoms with van der Waals surface area (Å²) < 4.78 is 20.3. The third-order valence-corrected chi connectivity index (χ3v) is 12.2. The van der Waals surface area contributed by atoms with Crippen molar-refractivity contribution in [2.45, 2.75) is 26.2 Å². The number of benzene rings is 5. The molecule has 318 valence electrons. The summed E-state index contributed by atoms with van der Waals surface area (Å²) in [7, 11) is 1.37. The van der Waals surface area contributed by atoms with Gasteiger partial charge in [0.25, 0.3) is 0 Å². The largest absolute Gasteiger partial charge is 0.465 e. The van der Waals surface area contributed by atoms with E-state index in [0.717, 1.165) is 57.2 Å². The molecule has 0 bridgehead atoms. The van der Waals surface area contributed by atoms with E-state index in [-0.39, 0.29) is 5.43 Å². The van der Waals surface area contributed by atoms with Crippen LogP contribution in [0.2, 0.25) is 0 Å². The first kappa shape index (κ1) is 41.2. The van der Waals surface area contributed by atoms with Gasteiger partial charge in [-0.1, -0.05) is 60.7 Å². The van der Waals surface area contributed by atoms with Crippen LogP contribution in [0.4, 0.5) is 5.69 Å². The van der Waals surface area contributed by atoms with Gasteiger partial charge in [0.1, 0.15) is 17.2 Å². The highest BCUT2D eigenvalue weighted by Crippen LogP contribution is 2.42. The van der Waals surface area contributed by atoms with Gasteiger partial charge < -0.3 is 14.9 Å². The quantitative estimate of drug-likeness (QED) is 0.0460. The molecule has 0 radical (unpaired) electrons. The summed E-state index contributed by atoms with van der Waals surface area (Å²) in [6.45, 7) is 2.25. The van der Waals surface area contributed by atoms with Crippen LogP contribution in [0.15, 0.2) is 198 Å². The van der Waals surface area contributed by atoms with Gasteiger partial charge in [-0.25, -0.2) is 18.5 Å². The summed E-state index contributed by atoms with van der Waals surface area (Å²) in [5.74, 6) is -0.463. The highest BCUT2D eigenvalue weighted by atomic mass is 16.5. The number of esters is 1. The fourth-order valence-corrected chi connectivity index (χ4v) is 8.72. The molecule has 0 aliphatic carbocycles. The zero-order valence-corrected chi connectivity index (χ0v) is 36.2. The Morgan fingerprint density at radius 1 is 0.591 bits per heavy atom. The lowest BCUT2D eigenvalue weighted by molar-refractivity contribution is -0.688. The molecule has 0 amide bonds. The van der Waals surface area contributed by atoms with E-state index in [1.54, 1.807) is 18.2 Å². The molecule has 2 N–H and O–H groups in total. The van der Waals surface area contributed by atoms with Crippen LogP contribution in [-0.2, 0) is 30.9 Å². The predicted molar refractivity (Wildman–Crippen MR) is 253 cm³/mol. The Labute approximate surface area is 380 Å². The van der Waals surface area contributed by atoms with Crippen molar-refractivity contribution in [1.29, 1.82) is 5.26 Å². The first-order valence-corrected chi connectivity index (χ1v) is 21.6. The molecule has 10 rings (SSSR count). The van der Waals surface area contributed by atoms with E-state index in [0.29, 0.717) is 51.8 Å². The maximum Gasteiger partial charge on any atom is 0.338 e. The monoisotopic (exact) mass is 864 g/mol. The van der Waals surface area contributed by atoms with Gasteiger partial charge in [0, 0.05) is 81.7 Å². The number of aromatic nitrogens is 4. The zero-order chi connectivity index (χ0) is 45.1. The van der Waals surface area contributed by atoms with Crippen LogP contribution in [-0.4, -0.2) is 13.1 Å². The molecular weight excluding hydrogens is 821 g/mol. The second-order valence-corrected chi connectivity index (χ2v) is 16.3. The number of pyridine rings is 4. The van der Waals surface area contributed by atoms with Gasteiger partial charge in [0.15, 0.2) is 74.6 Å². The molecule has 5 heterocycles. The second-order valence-electron chi connectivity index (χ2n) is 16.3. The minimum atomic E-state index is -0.463. The highest BCUT2D eigenvalue weighted by Gasteiger charge is 2.24. The van der Waals surface area contributed by atoms with E-state index < -0.39 is 5.97 Å². The molecule has 66 heavy (non-hydrogen) atoms. The number of hydrogen-bond acceptors (Lipinski definition) is 6. The molecule has 0 spiro atoms. The number of anilines is 1. The number of nitrogens with zero attached hydrogens (tertiary/aromatic N) is 5. The second kappa shape index (κ2) is 17.8. The molecule has 0 saturated heterocycles. The maximum absolute atomic E-state index is 13.4. The van der Waals surface area contributed by atoms with E-state index in [9.17, 15) is 9.59 Å². The van der Waals surface area contributed by atoms with Crippen LogP contribution in [0.25, 0.3) is 66.1 Å². The molecule has 0 unspecified atom stereocenters. The Bertz CT molecular complexity index is 3550. The topological polar surface area (TPSA) is 122 Å². The van der Waals surface area contributed by atoms with Gasteiger partial charge in [-0.15, -0.1) is 0 Å². The van der Waals surface area contributed by atoms with Crippen molar-refractivity contribution in [3.05, 3.63) is 222 Å². The Balaban J connectivity index is 0.868. The number of nitrogen functional groups attached to an aromatic ring is 1. The lowest BCUT2D eigenvalue weighted by Crippen LogP contribution is -2.34. The van der Waals surface area contributed by atoms with E-state index in [2.05, 4.69) is 105 Å². The number of ether oxygens (including phenoxy) is 1. The molecule has 10 heteroatoms. The van der Waals surface area contributed by atoms with Crippen molar-refractivity contribution in [3.63, 3.8) is 0 Å². The van der Waals surface area contributed by atoms with E-state index in [1.165, 1.54) is 24.3 Å². The highest BCUT2D eigenvalue weighted by molar-refractivity contribution is 6.18. The minimum absolute atomic E-state index is 0.157. The molecule has 10 aromatic rings. The SMILES string of the molecule is COC(=O)c1ccccc1-c1c2ccc(N)c(C[n+]3ccc(-c4cc[n+](Cc5ccc(C[n+]6ccc(-c7cc[n+](CC#N)cc7)cc6)cc5)cc4)cc3)c2oc2c1ccc1cccc(=O)c12. The number of fused-ring (bicyclic) bond motifs is 4. The summed E-state index contributed by atoms with van der Waals surface area (Å²) in [4.78, 5) is 26.6. The fraction of sp³-hybridized carbons (Fsp3) is 0.0893. The number of methoxy groups -OCH3 is 1. The van der Waals surface area contributed by atoms with Crippen molar-refractivity contribution in [1.82, 2.24) is 0 Å². The van der Waals surface area contributed by atoms with Crippen molar-refractivity contribution >= 4 is 44.4 Å². The third-order valence-electron chi connectivity index (χ3n) is 12.2. The maximum atomic E-state index is 13.4. The minimum Gasteiger partial charge on any atom is -0.465 e. The lowest BCUT2D eigenvalue weighted by Gasteiger charge is -2.17. The van der Waals surface area contributed by atoms with Gasteiger partial charge in [-0.05, 0) is 63.5 Å². The van der Waals surface area contributed by atoms with Gasteiger partial charge >= 0.3 is 5.97 Å². The molecule has 0 aliphatic rings. The van der Waals surface area contributed by atoms with Crippen LogP contribution in [0.3, 0.4) is 0 Å². The predicted octanol–water partition coefficient (Wildman–Crippen LogP) is 8.29. The van der Waals surface area contributed by atoms with Crippen molar-refractivity contribution < 1.29 is 32.2 Å². The molecule has 5 aromatic carbocycles. The fourth-order valence-electron chi connectivity index (χ4n) is 8.72.